The number of fused-ring (bicyclic) bond motifs is 1. The normalized spacial score (nSPS) is 12.4. The predicted octanol–water partition coefficient (Wildman–Crippen LogP) is 4.11. The Balaban J connectivity index is 2.34. The van der Waals surface area contributed by atoms with Gasteiger partial charge in [-0.1, -0.05) is 19.9 Å². The van der Waals surface area contributed by atoms with Crippen molar-refractivity contribution in [3.8, 4) is 0 Å². The lowest BCUT2D eigenvalue weighted by Gasteiger charge is -2.06. The molecule has 1 aromatic heterocycles. The van der Waals surface area contributed by atoms with Crippen LogP contribution in [0.4, 0.5) is 0 Å². The van der Waals surface area contributed by atoms with Gasteiger partial charge in [0.15, 0.2) is 0 Å². The van der Waals surface area contributed by atoms with Crippen LogP contribution in [0.15, 0.2) is 24.4 Å². The molecule has 0 amide bonds. The number of carbonyl (C=O) groups is 2. The van der Waals surface area contributed by atoms with Gasteiger partial charge in [0.1, 0.15) is 0 Å². The number of hydrogen-bond acceptors (Lipinski definition) is 2. The zero-order chi connectivity index (χ0) is 17.0. The number of rotatable bonds is 8. The molecule has 124 valence electrons. The van der Waals surface area contributed by atoms with Crippen LogP contribution in [-0.4, -0.2) is 26.7 Å². The van der Waals surface area contributed by atoms with E-state index in [0.717, 1.165) is 23.7 Å². The molecule has 5 nitrogen and oxygen atoms in total. The lowest BCUT2D eigenvalue weighted by molar-refractivity contribution is -0.137. The number of carboxylic acid groups (broad SMARTS) is 2. The van der Waals surface area contributed by atoms with Crippen molar-refractivity contribution in [3.63, 3.8) is 0 Å². The molecular formula is C18H23NO4. The van der Waals surface area contributed by atoms with Crippen LogP contribution in [0.2, 0.25) is 0 Å². The van der Waals surface area contributed by atoms with Crippen LogP contribution in [0, 0.1) is 0 Å². The third kappa shape index (κ3) is 3.92. The minimum Gasteiger partial charge on any atom is -0.481 e. The highest BCUT2D eigenvalue weighted by atomic mass is 16.4. The highest BCUT2D eigenvalue weighted by molar-refractivity contribution is 5.94. The van der Waals surface area contributed by atoms with E-state index < -0.39 is 11.9 Å². The van der Waals surface area contributed by atoms with Crippen molar-refractivity contribution in [3.05, 3.63) is 35.5 Å². The van der Waals surface area contributed by atoms with Gasteiger partial charge in [0, 0.05) is 30.1 Å². The first-order chi connectivity index (χ1) is 10.9. The minimum atomic E-state index is -0.935. The number of aliphatic carboxylic acids is 1. The number of hydrogen-bond donors (Lipinski definition) is 2. The summed E-state index contributed by atoms with van der Waals surface area (Å²) in [6.07, 6.45) is 4.64. The molecule has 2 aromatic rings. The Morgan fingerprint density at radius 3 is 2.57 bits per heavy atom. The fourth-order valence-electron chi connectivity index (χ4n) is 2.81. The first-order valence-corrected chi connectivity index (χ1v) is 8.02. The number of unbranched alkanes of at least 4 members (excludes halogenated alkanes) is 1. The Morgan fingerprint density at radius 1 is 1.22 bits per heavy atom. The summed E-state index contributed by atoms with van der Waals surface area (Å²) in [5.74, 6) is -1.32. The lowest BCUT2D eigenvalue weighted by Crippen LogP contribution is -2.01. The molecular weight excluding hydrogens is 294 g/mol. The van der Waals surface area contributed by atoms with E-state index in [0.29, 0.717) is 18.9 Å². The van der Waals surface area contributed by atoms with E-state index in [2.05, 4.69) is 24.6 Å². The molecule has 0 aliphatic carbocycles. The maximum atomic E-state index is 11.2. The first kappa shape index (κ1) is 17.1. The second kappa shape index (κ2) is 7.31. The van der Waals surface area contributed by atoms with Crippen LogP contribution in [0.3, 0.4) is 0 Å². The zero-order valence-corrected chi connectivity index (χ0v) is 13.6. The van der Waals surface area contributed by atoms with Crippen LogP contribution >= 0.6 is 0 Å². The van der Waals surface area contributed by atoms with Crippen molar-refractivity contribution in [1.29, 1.82) is 0 Å². The average molecular weight is 317 g/mol. The molecule has 0 fully saturated rings. The third-order valence-electron chi connectivity index (χ3n) is 4.34. The molecule has 0 aliphatic heterocycles. The summed E-state index contributed by atoms with van der Waals surface area (Å²) in [5, 5.41) is 19.0. The Morgan fingerprint density at radius 2 is 1.96 bits per heavy atom. The SMILES string of the molecule is CCC(C)c1cn(CCCCC(=O)O)c2cc(C(=O)O)ccc12. The Labute approximate surface area is 135 Å². The minimum absolute atomic E-state index is 0.164. The van der Waals surface area contributed by atoms with Crippen molar-refractivity contribution >= 4 is 22.8 Å². The molecule has 1 aromatic carbocycles. The molecule has 23 heavy (non-hydrogen) atoms. The molecule has 1 atom stereocenters. The van der Waals surface area contributed by atoms with E-state index in [1.54, 1.807) is 12.1 Å². The zero-order valence-electron chi connectivity index (χ0n) is 13.6. The Kier molecular flexibility index (Phi) is 5.42. The number of nitrogens with zero attached hydrogens (tertiary/aromatic N) is 1. The van der Waals surface area contributed by atoms with Gasteiger partial charge in [0.2, 0.25) is 0 Å². The molecule has 2 N–H and O–H groups in total. The summed E-state index contributed by atoms with van der Waals surface area (Å²) in [5.41, 5.74) is 2.41. The fourth-order valence-corrected chi connectivity index (χ4v) is 2.81. The van der Waals surface area contributed by atoms with Crippen molar-refractivity contribution in [1.82, 2.24) is 4.57 Å². The third-order valence-corrected chi connectivity index (χ3v) is 4.34. The molecule has 2 rings (SSSR count). The van der Waals surface area contributed by atoms with E-state index >= 15 is 0 Å². The number of aromatic carboxylic acids is 1. The second-order valence-electron chi connectivity index (χ2n) is 5.98. The van der Waals surface area contributed by atoms with Gasteiger partial charge in [0.05, 0.1) is 5.56 Å². The first-order valence-electron chi connectivity index (χ1n) is 8.02. The molecule has 5 heteroatoms. The molecule has 0 bridgehead atoms. The van der Waals surface area contributed by atoms with Crippen molar-refractivity contribution < 1.29 is 19.8 Å². The van der Waals surface area contributed by atoms with Gasteiger partial charge in [-0.2, -0.15) is 0 Å². The van der Waals surface area contributed by atoms with Crippen molar-refractivity contribution in [2.24, 2.45) is 0 Å². The summed E-state index contributed by atoms with van der Waals surface area (Å²) in [6.45, 7) is 4.99. The molecule has 0 spiro atoms. The number of carboxylic acids is 2. The molecule has 0 saturated heterocycles. The molecule has 0 aliphatic rings. The average Bonchev–Trinajstić information content (AvgIpc) is 2.88. The largest absolute Gasteiger partial charge is 0.481 e. The van der Waals surface area contributed by atoms with Crippen LogP contribution in [0.5, 0.6) is 0 Å². The van der Waals surface area contributed by atoms with Crippen molar-refractivity contribution in [2.45, 2.75) is 52.0 Å². The van der Waals surface area contributed by atoms with Gasteiger partial charge in [0.25, 0.3) is 0 Å². The summed E-state index contributed by atoms with van der Waals surface area (Å²) in [7, 11) is 0. The number of benzene rings is 1. The fraction of sp³-hybridized carbons (Fsp3) is 0.444. The highest BCUT2D eigenvalue weighted by Crippen LogP contribution is 2.30. The summed E-state index contributed by atoms with van der Waals surface area (Å²) in [6, 6.07) is 5.24. The second-order valence-corrected chi connectivity index (χ2v) is 5.98. The standard InChI is InChI=1S/C18H23NO4/c1-3-12(2)15-11-19(9-5-4-6-17(20)21)16-10-13(18(22)23)7-8-14(15)16/h7-8,10-12H,3-6,9H2,1-2H3,(H,20,21)(H,22,23). The van der Waals surface area contributed by atoms with Crippen LogP contribution in [-0.2, 0) is 11.3 Å². The van der Waals surface area contributed by atoms with Gasteiger partial charge in [-0.05, 0) is 42.9 Å². The van der Waals surface area contributed by atoms with E-state index in [1.165, 1.54) is 5.56 Å². The van der Waals surface area contributed by atoms with Crippen LogP contribution in [0.25, 0.3) is 10.9 Å². The number of aryl methyl sites for hydroxylation is 1. The van der Waals surface area contributed by atoms with E-state index in [4.69, 9.17) is 5.11 Å². The van der Waals surface area contributed by atoms with Gasteiger partial charge in [-0.15, -0.1) is 0 Å². The Bertz CT molecular complexity index is 717. The van der Waals surface area contributed by atoms with E-state index in [-0.39, 0.29) is 12.0 Å². The monoisotopic (exact) mass is 317 g/mol. The maximum absolute atomic E-state index is 11.2. The van der Waals surface area contributed by atoms with E-state index in [1.807, 2.05) is 6.07 Å². The number of aromatic nitrogens is 1. The molecule has 1 heterocycles. The Hall–Kier alpha value is -2.30. The lowest BCUT2D eigenvalue weighted by atomic mass is 9.98. The summed E-state index contributed by atoms with van der Waals surface area (Å²) in [4.78, 5) is 21.8. The topological polar surface area (TPSA) is 79.5 Å². The quantitative estimate of drug-likeness (QED) is 0.718. The molecule has 0 saturated carbocycles. The maximum Gasteiger partial charge on any atom is 0.335 e. The van der Waals surface area contributed by atoms with Gasteiger partial charge in [-0.25, -0.2) is 4.79 Å². The smallest absolute Gasteiger partial charge is 0.335 e. The van der Waals surface area contributed by atoms with Crippen LogP contribution < -0.4 is 0 Å². The molecule has 1 unspecified atom stereocenters. The molecule has 0 radical (unpaired) electrons. The van der Waals surface area contributed by atoms with Gasteiger partial charge >= 0.3 is 11.9 Å². The summed E-state index contributed by atoms with van der Waals surface area (Å²) >= 11 is 0. The highest BCUT2D eigenvalue weighted by Gasteiger charge is 2.15. The summed E-state index contributed by atoms with van der Waals surface area (Å²) < 4.78 is 2.06. The predicted molar refractivity (Wildman–Crippen MR) is 89.1 cm³/mol. The van der Waals surface area contributed by atoms with Crippen molar-refractivity contribution in [2.75, 3.05) is 0 Å². The van der Waals surface area contributed by atoms with Crippen LogP contribution in [0.1, 0.15) is 61.4 Å². The van der Waals surface area contributed by atoms with Gasteiger partial charge < -0.3 is 14.8 Å². The van der Waals surface area contributed by atoms with Gasteiger partial charge in [-0.3, -0.25) is 4.79 Å². The van der Waals surface area contributed by atoms with E-state index in [9.17, 15) is 14.7 Å².